The number of rotatable bonds is 6. The minimum absolute atomic E-state index is 0.190. The van der Waals surface area contributed by atoms with Gasteiger partial charge in [-0.3, -0.25) is 9.78 Å². The van der Waals surface area contributed by atoms with Crippen molar-refractivity contribution in [3.8, 4) is 0 Å². The molecule has 122 valence electrons. The Labute approximate surface area is 138 Å². The molecule has 0 fully saturated rings. The maximum atomic E-state index is 12.4. The van der Waals surface area contributed by atoms with E-state index in [1.165, 1.54) is 5.56 Å². The lowest BCUT2D eigenvalue weighted by Gasteiger charge is -2.11. The van der Waals surface area contributed by atoms with Crippen LogP contribution in [0.25, 0.3) is 0 Å². The quantitative estimate of drug-likeness (QED) is 0.831. The molecule has 0 unspecified atom stereocenters. The number of nitrogens with one attached hydrogen (secondary N) is 2. The van der Waals surface area contributed by atoms with Gasteiger partial charge in [0.1, 0.15) is 5.69 Å². The molecule has 4 nitrogen and oxygen atoms in total. The Morgan fingerprint density at radius 3 is 2.65 bits per heavy atom. The summed E-state index contributed by atoms with van der Waals surface area (Å²) in [6.45, 7) is 9.29. The number of amides is 1. The first-order valence-electron chi connectivity index (χ1n) is 8.04. The average Bonchev–Trinajstić information content (AvgIpc) is 2.50. The lowest BCUT2D eigenvalue weighted by molar-refractivity contribution is 0.102. The highest BCUT2D eigenvalue weighted by Gasteiger charge is 2.10. The summed E-state index contributed by atoms with van der Waals surface area (Å²) in [4.78, 5) is 16.6. The summed E-state index contributed by atoms with van der Waals surface area (Å²) in [5, 5.41) is 6.26. The number of hydrogen-bond donors (Lipinski definition) is 2. The molecule has 1 amide bonds. The van der Waals surface area contributed by atoms with Crippen LogP contribution >= 0.6 is 0 Å². The molecule has 0 aliphatic carbocycles. The van der Waals surface area contributed by atoms with Crippen molar-refractivity contribution in [3.63, 3.8) is 0 Å². The van der Waals surface area contributed by atoms with E-state index in [9.17, 15) is 4.79 Å². The molecule has 0 radical (unpaired) electrons. The Morgan fingerprint density at radius 1 is 1.17 bits per heavy atom. The Balaban J connectivity index is 2.04. The Kier molecular flexibility index (Phi) is 5.74. The van der Waals surface area contributed by atoms with Crippen molar-refractivity contribution >= 4 is 17.3 Å². The Bertz CT molecular complexity index is 680. The number of carbonyl (C=O) groups is 1. The van der Waals surface area contributed by atoms with Crippen molar-refractivity contribution in [1.29, 1.82) is 0 Å². The van der Waals surface area contributed by atoms with Crippen LogP contribution in [0.5, 0.6) is 0 Å². The third kappa shape index (κ3) is 5.09. The van der Waals surface area contributed by atoms with Crippen LogP contribution in [0.15, 0.2) is 36.5 Å². The van der Waals surface area contributed by atoms with Crippen molar-refractivity contribution < 1.29 is 4.79 Å². The highest BCUT2D eigenvalue weighted by molar-refractivity contribution is 6.03. The molecule has 1 aromatic carbocycles. The summed E-state index contributed by atoms with van der Waals surface area (Å²) in [5.74, 6) is 0.459. The first-order valence-corrected chi connectivity index (χ1v) is 8.04. The second kappa shape index (κ2) is 7.77. The van der Waals surface area contributed by atoms with E-state index in [2.05, 4.69) is 29.5 Å². The van der Waals surface area contributed by atoms with Gasteiger partial charge in [0.25, 0.3) is 5.91 Å². The van der Waals surface area contributed by atoms with E-state index in [-0.39, 0.29) is 5.91 Å². The molecular formula is C19H25N3O. The highest BCUT2D eigenvalue weighted by Crippen LogP contribution is 2.17. The topological polar surface area (TPSA) is 54.0 Å². The Morgan fingerprint density at radius 2 is 1.96 bits per heavy atom. The number of pyridine rings is 1. The van der Waals surface area contributed by atoms with Crippen molar-refractivity contribution in [3.05, 3.63) is 53.3 Å². The predicted octanol–water partition coefficient (Wildman–Crippen LogP) is 4.41. The van der Waals surface area contributed by atoms with E-state index in [4.69, 9.17) is 0 Å². The molecule has 0 aliphatic rings. The van der Waals surface area contributed by atoms with E-state index >= 15 is 0 Å². The predicted molar refractivity (Wildman–Crippen MR) is 96.1 cm³/mol. The van der Waals surface area contributed by atoms with Crippen molar-refractivity contribution in [2.24, 2.45) is 5.92 Å². The van der Waals surface area contributed by atoms with Gasteiger partial charge in [0.2, 0.25) is 0 Å². The van der Waals surface area contributed by atoms with Crippen LogP contribution in [0.3, 0.4) is 0 Å². The van der Waals surface area contributed by atoms with Crippen LogP contribution in [0.2, 0.25) is 0 Å². The van der Waals surface area contributed by atoms with Gasteiger partial charge < -0.3 is 10.6 Å². The summed E-state index contributed by atoms with van der Waals surface area (Å²) >= 11 is 0. The first-order chi connectivity index (χ1) is 11.0. The van der Waals surface area contributed by atoms with E-state index in [1.807, 2.05) is 38.1 Å². The summed E-state index contributed by atoms with van der Waals surface area (Å²) in [5.41, 5.74) is 4.38. The highest BCUT2D eigenvalue weighted by atomic mass is 16.1. The number of anilines is 2. The average molecular weight is 311 g/mol. The van der Waals surface area contributed by atoms with Crippen LogP contribution in [-0.2, 0) is 0 Å². The number of nitrogens with zero attached hydrogens (tertiary/aromatic N) is 1. The largest absolute Gasteiger partial charge is 0.385 e. The monoisotopic (exact) mass is 311 g/mol. The van der Waals surface area contributed by atoms with Crippen LogP contribution < -0.4 is 10.6 Å². The molecule has 2 rings (SSSR count). The third-order valence-corrected chi connectivity index (χ3v) is 3.67. The van der Waals surface area contributed by atoms with E-state index < -0.39 is 0 Å². The molecule has 2 aromatic rings. The number of aryl methyl sites for hydroxylation is 2. The van der Waals surface area contributed by atoms with Gasteiger partial charge in [-0.15, -0.1) is 0 Å². The van der Waals surface area contributed by atoms with Gasteiger partial charge in [0.15, 0.2) is 0 Å². The lowest BCUT2D eigenvalue weighted by Crippen LogP contribution is -2.15. The van der Waals surface area contributed by atoms with Crippen LogP contribution in [0, 0.1) is 19.8 Å². The summed E-state index contributed by atoms with van der Waals surface area (Å²) in [6.07, 6.45) is 2.75. The molecule has 2 N–H and O–H groups in total. The van der Waals surface area contributed by atoms with Gasteiger partial charge in [-0.05, 0) is 49.9 Å². The molecule has 4 heteroatoms. The van der Waals surface area contributed by atoms with Crippen LogP contribution in [-0.4, -0.2) is 17.4 Å². The fourth-order valence-electron chi connectivity index (χ4n) is 2.31. The smallest absolute Gasteiger partial charge is 0.274 e. The zero-order valence-corrected chi connectivity index (χ0v) is 14.3. The molecule has 0 saturated heterocycles. The maximum Gasteiger partial charge on any atom is 0.274 e. The standard InChI is InChI=1S/C19H25N3O/c1-13(2)7-9-20-16-8-10-21-18(12-16)19(23)22-17-6-5-14(3)11-15(17)4/h5-6,8,10-13H,7,9H2,1-4H3,(H,20,21)(H,22,23). The molecule has 0 saturated carbocycles. The summed E-state index contributed by atoms with van der Waals surface area (Å²) < 4.78 is 0. The van der Waals surface area contributed by atoms with E-state index in [0.29, 0.717) is 11.6 Å². The molecule has 1 heterocycles. The third-order valence-electron chi connectivity index (χ3n) is 3.67. The zero-order valence-electron chi connectivity index (χ0n) is 14.3. The molecule has 0 atom stereocenters. The normalized spacial score (nSPS) is 10.7. The van der Waals surface area contributed by atoms with Crippen molar-refractivity contribution in [1.82, 2.24) is 4.98 Å². The fraction of sp³-hybridized carbons (Fsp3) is 0.368. The first kappa shape index (κ1) is 17.0. The second-order valence-corrected chi connectivity index (χ2v) is 6.31. The van der Waals surface area contributed by atoms with Crippen LogP contribution in [0.4, 0.5) is 11.4 Å². The SMILES string of the molecule is Cc1ccc(NC(=O)c2cc(NCCC(C)C)ccn2)c(C)c1. The minimum atomic E-state index is -0.190. The molecule has 1 aromatic heterocycles. The van der Waals surface area contributed by atoms with E-state index in [1.54, 1.807) is 12.3 Å². The number of aromatic nitrogens is 1. The molecule has 0 bridgehead atoms. The van der Waals surface area contributed by atoms with Gasteiger partial charge in [-0.2, -0.15) is 0 Å². The Hall–Kier alpha value is -2.36. The van der Waals surface area contributed by atoms with Crippen LogP contribution in [0.1, 0.15) is 41.9 Å². The van der Waals surface area contributed by atoms with Gasteiger partial charge in [-0.1, -0.05) is 31.5 Å². The molecule has 0 spiro atoms. The number of carbonyl (C=O) groups excluding carboxylic acids is 1. The van der Waals surface area contributed by atoms with Gasteiger partial charge in [0, 0.05) is 24.1 Å². The molecule has 0 aliphatic heterocycles. The van der Waals surface area contributed by atoms with Crippen molar-refractivity contribution in [2.75, 3.05) is 17.2 Å². The summed E-state index contributed by atoms with van der Waals surface area (Å²) in [6, 6.07) is 9.63. The van der Waals surface area contributed by atoms with Gasteiger partial charge >= 0.3 is 0 Å². The van der Waals surface area contributed by atoms with E-state index in [0.717, 1.165) is 29.9 Å². The van der Waals surface area contributed by atoms with Crippen molar-refractivity contribution in [2.45, 2.75) is 34.1 Å². The molecular weight excluding hydrogens is 286 g/mol. The van der Waals surface area contributed by atoms with Gasteiger partial charge in [0.05, 0.1) is 0 Å². The molecule has 23 heavy (non-hydrogen) atoms. The van der Waals surface area contributed by atoms with Gasteiger partial charge in [-0.25, -0.2) is 0 Å². The second-order valence-electron chi connectivity index (χ2n) is 6.31. The maximum absolute atomic E-state index is 12.4. The lowest BCUT2D eigenvalue weighted by atomic mass is 10.1. The fourth-order valence-corrected chi connectivity index (χ4v) is 2.31. The summed E-state index contributed by atoms with van der Waals surface area (Å²) in [7, 11) is 0. The number of benzene rings is 1. The number of hydrogen-bond acceptors (Lipinski definition) is 3. The zero-order chi connectivity index (χ0) is 16.8. The minimum Gasteiger partial charge on any atom is -0.385 e.